The standard InChI is InChI=1S/C11H16N2O/c1-2-3-6-13-11(14)9-10-4-7-12-8-5-10/h4-5,7-8H,2-3,6,9H2,1H3,(H,13,14). The fourth-order valence-electron chi connectivity index (χ4n) is 1.15. The summed E-state index contributed by atoms with van der Waals surface area (Å²) in [6.45, 7) is 2.88. The summed E-state index contributed by atoms with van der Waals surface area (Å²) in [4.78, 5) is 15.3. The number of unbranched alkanes of at least 4 members (excludes halogenated alkanes) is 1. The molecular formula is C11H16N2O. The molecule has 0 spiro atoms. The first-order chi connectivity index (χ1) is 6.83. The second-order valence-electron chi connectivity index (χ2n) is 3.24. The lowest BCUT2D eigenvalue weighted by Crippen LogP contribution is -2.25. The molecule has 0 saturated heterocycles. The molecule has 0 aliphatic carbocycles. The zero-order valence-electron chi connectivity index (χ0n) is 8.49. The molecule has 1 aromatic heterocycles. The Morgan fingerprint density at radius 2 is 2.14 bits per heavy atom. The van der Waals surface area contributed by atoms with Crippen molar-refractivity contribution >= 4 is 5.91 Å². The van der Waals surface area contributed by atoms with E-state index in [-0.39, 0.29) is 5.91 Å². The highest BCUT2D eigenvalue weighted by atomic mass is 16.1. The Balaban J connectivity index is 2.27. The molecule has 1 rings (SSSR count). The molecule has 3 heteroatoms. The van der Waals surface area contributed by atoms with Crippen molar-refractivity contribution in [1.82, 2.24) is 10.3 Å². The minimum atomic E-state index is 0.0876. The van der Waals surface area contributed by atoms with Crippen LogP contribution in [0.15, 0.2) is 24.5 Å². The van der Waals surface area contributed by atoms with Gasteiger partial charge in [0.2, 0.25) is 5.91 Å². The van der Waals surface area contributed by atoms with E-state index < -0.39 is 0 Å². The van der Waals surface area contributed by atoms with Gasteiger partial charge in [0.05, 0.1) is 6.42 Å². The third-order valence-electron chi connectivity index (χ3n) is 1.97. The van der Waals surface area contributed by atoms with E-state index in [1.807, 2.05) is 12.1 Å². The van der Waals surface area contributed by atoms with Crippen molar-refractivity contribution in [3.8, 4) is 0 Å². The Hall–Kier alpha value is -1.38. The lowest BCUT2D eigenvalue weighted by molar-refractivity contribution is -0.120. The molecule has 1 aromatic rings. The van der Waals surface area contributed by atoms with Crippen molar-refractivity contribution in [2.75, 3.05) is 6.54 Å². The molecular weight excluding hydrogens is 176 g/mol. The predicted molar refractivity (Wildman–Crippen MR) is 55.9 cm³/mol. The first-order valence-electron chi connectivity index (χ1n) is 4.98. The molecule has 0 fully saturated rings. The molecule has 1 heterocycles. The second-order valence-corrected chi connectivity index (χ2v) is 3.24. The number of nitrogens with zero attached hydrogens (tertiary/aromatic N) is 1. The van der Waals surface area contributed by atoms with E-state index in [1.54, 1.807) is 12.4 Å². The average Bonchev–Trinajstić information content (AvgIpc) is 2.20. The number of pyridine rings is 1. The van der Waals surface area contributed by atoms with Crippen LogP contribution in [0, 0.1) is 0 Å². The van der Waals surface area contributed by atoms with E-state index in [1.165, 1.54) is 0 Å². The third kappa shape index (κ3) is 4.03. The van der Waals surface area contributed by atoms with Crippen LogP contribution >= 0.6 is 0 Å². The number of carbonyl (C=O) groups excluding carboxylic acids is 1. The van der Waals surface area contributed by atoms with Crippen LogP contribution in [0.5, 0.6) is 0 Å². The average molecular weight is 192 g/mol. The van der Waals surface area contributed by atoms with Crippen LogP contribution in [0.1, 0.15) is 25.3 Å². The minimum absolute atomic E-state index is 0.0876. The number of carbonyl (C=O) groups is 1. The van der Waals surface area contributed by atoms with Gasteiger partial charge in [-0.05, 0) is 24.1 Å². The monoisotopic (exact) mass is 192 g/mol. The summed E-state index contributed by atoms with van der Waals surface area (Å²) in [5.41, 5.74) is 1.01. The topological polar surface area (TPSA) is 42.0 Å². The molecule has 0 radical (unpaired) electrons. The van der Waals surface area contributed by atoms with Crippen LogP contribution < -0.4 is 5.32 Å². The number of nitrogens with one attached hydrogen (secondary N) is 1. The zero-order valence-corrected chi connectivity index (χ0v) is 8.49. The van der Waals surface area contributed by atoms with Gasteiger partial charge in [-0.1, -0.05) is 13.3 Å². The third-order valence-corrected chi connectivity index (χ3v) is 1.97. The highest BCUT2D eigenvalue weighted by Gasteiger charge is 2.00. The van der Waals surface area contributed by atoms with Gasteiger partial charge in [-0.2, -0.15) is 0 Å². The normalized spacial score (nSPS) is 9.79. The van der Waals surface area contributed by atoms with Crippen molar-refractivity contribution in [3.05, 3.63) is 30.1 Å². The van der Waals surface area contributed by atoms with Gasteiger partial charge in [0.25, 0.3) is 0 Å². The van der Waals surface area contributed by atoms with Gasteiger partial charge in [-0.25, -0.2) is 0 Å². The van der Waals surface area contributed by atoms with E-state index in [0.29, 0.717) is 6.42 Å². The van der Waals surface area contributed by atoms with Gasteiger partial charge in [-0.15, -0.1) is 0 Å². The molecule has 14 heavy (non-hydrogen) atoms. The molecule has 3 nitrogen and oxygen atoms in total. The maximum Gasteiger partial charge on any atom is 0.224 e. The van der Waals surface area contributed by atoms with Gasteiger partial charge in [-0.3, -0.25) is 9.78 Å². The molecule has 0 saturated carbocycles. The number of aromatic nitrogens is 1. The van der Waals surface area contributed by atoms with Crippen molar-refractivity contribution in [3.63, 3.8) is 0 Å². The number of amides is 1. The smallest absolute Gasteiger partial charge is 0.224 e. The van der Waals surface area contributed by atoms with Crippen LogP contribution in [0.4, 0.5) is 0 Å². The maximum atomic E-state index is 11.4. The highest BCUT2D eigenvalue weighted by Crippen LogP contribution is 1.97. The van der Waals surface area contributed by atoms with Crippen molar-refractivity contribution < 1.29 is 4.79 Å². The highest BCUT2D eigenvalue weighted by molar-refractivity contribution is 5.78. The first kappa shape index (κ1) is 10.7. The van der Waals surface area contributed by atoms with Crippen LogP contribution in [0.3, 0.4) is 0 Å². The van der Waals surface area contributed by atoms with Gasteiger partial charge < -0.3 is 5.32 Å². The van der Waals surface area contributed by atoms with Gasteiger partial charge >= 0.3 is 0 Å². The molecule has 76 valence electrons. The van der Waals surface area contributed by atoms with E-state index in [4.69, 9.17) is 0 Å². The first-order valence-corrected chi connectivity index (χ1v) is 4.98. The SMILES string of the molecule is CCCCNC(=O)Cc1ccncc1. The Morgan fingerprint density at radius 1 is 1.43 bits per heavy atom. The Bertz CT molecular complexity index is 272. The Morgan fingerprint density at radius 3 is 2.79 bits per heavy atom. The van der Waals surface area contributed by atoms with Crippen LogP contribution in [0.2, 0.25) is 0 Å². The van der Waals surface area contributed by atoms with E-state index >= 15 is 0 Å². The lowest BCUT2D eigenvalue weighted by Gasteiger charge is -2.03. The summed E-state index contributed by atoms with van der Waals surface area (Å²) in [5, 5.41) is 2.87. The second kappa shape index (κ2) is 6.13. The quantitative estimate of drug-likeness (QED) is 0.719. The van der Waals surface area contributed by atoms with Gasteiger partial charge in [0.15, 0.2) is 0 Å². The van der Waals surface area contributed by atoms with E-state index in [2.05, 4.69) is 17.2 Å². The van der Waals surface area contributed by atoms with Crippen molar-refractivity contribution in [2.45, 2.75) is 26.2 Å². The summed E-state index contributed by atoms with van der Waals surface area (Å²) in [6.07, 6.45) is 6.01. The fourth-order valence-corrected chi connectivity index (χ4v) is 1.15. The minimum Gasteiger partial charge on any atom is -0.356 e. The molecule has 1 N–H and O–H groups in total. The Kier molecular flexibility index (Phi) is 4.69. The van der Waals surface area contributed by atoms with Crippen LogP contribution in [-0.4, -0.2) is 17.4 Å². The molecule has 0 aromatic carbocycles. The Labute approximate surface area is 84.6 Å². The van der Waals surface area contributed by atoms with Crippen molar-refractivity contribution in [2.24, 2.45) is 0 Å². The lowest BCUT2D eigenvalue weighted by atomic mass is 10.2. The van der Waals surface area contributed by atoms with E-state index in [0.717, 1.165) is 24.9 Å². The number of hydrogen-bond donors (Lipinski definition) is 1. The molecule has 0 aliphatic heterocycles. The van der Waals surface area contributed by atoms with Crippen molar-refractivity contribution in [1.29, 1.82) is 0 Å². The summed E-state index contributed by atoms with van der Waals surface area (Å²) in [6, 6.07) is 3.72. The van der Waals surface area contributed by atoms with E-state index in [9.17, 15) is 4.79 Å². The van der Waals surface area contributed by atoms with Crippen LogP contribution in [0.25, 0.3) is 0 Å². The fraction of sp³-hybridized carbons (Fsp3) is 0.455. The summed E-state index contributed by atoms with van der Waals surface area (Å²) in [7, 11) is 0. The zero-order chi connectivity index (χ0) is 10.2. The summed E-state index contributed by atoms with van der Waals surface area (Å²) < 4.78 is 0. The molecule has 1 amide bonds. The number of hydrogen-bond acceptors (Lipinski definition) is 2. The predicted octanol–water partition coefficient (Wildman–Crippen LogP) is 1.54. The van der Waals surface area contributed by atoms with Crippen LogP contribution in [-0.2, 0) is 11.2 Å². The maximum absolute atomic E-state index is 11.4. The molecule has 0 aliphatic rings. The van der Waals surface area contributed by atoms with Gasteiger partial charge in [0.1, 0.15) is 0 Å². The molecule has 0 atom stereocenters. The summed E-state index contributed by atoms with van der Waals surface area (Å²) >= 11 is 0. The molecule has 0 bridgehead atoms. The molecule has 0 unspecified atom stereocenters. The summed E-state index contributed by atoms with van der Waals surface area (Å²) in [5.74, 6) is 0.0876. The van der Waals surface area contributed by atoms with Gasteiger partial charge in [0, 0.05) is 18.9 Å². The number of rotatable bonds is 5. The largest absolute Gasteiger partial charge is 0.356 e.